The van der Waals surface area contributed by atoms with Gasteiger partial charge in [-0.2, -0.15) is 13.2 Å². The summed E-state index contributed by atoms with van der Waals surface area (Å²) in [7, 11) is 1.23. The van der Waals surface area contributed by atoms with Crippen molar-refractivity contribution in [3.63, 3.8) is 0 Å². The number of aromatic nitrogens is 3. The van der Waals surface area contributed by atoms with Crippen molar-refractivity contribution < 1.29 is 27.4 Å². The number of rotatable bonds is 8. The molecule has 0 aliphatic carbocycles. The van der Waals surface area contributed by atoms with Crippen LogP contribution in [-0.4, -0.2) is 65.7 Å². The Bertz CT molecular complexity index is 1470. The van der Waals surface area contributed by atoms with E-state index < -0.39 is 17.2 Å². The number of ether oxygens (including phenoxy) is 2. The van der Waals surface area contributed by atoms with E-state index in [0.717, 1.165) is 16.8 Å². The highest BCUT2D eigenvalue weighted by atomic mass is 19.4. The van der Waals surface area contributed by atoms with Crippen LogP contribution in [0, 0.1) is 5.92 Å². The molecule has 230 valence electrons. The molecular formula is C31H37F3N6O3. The van der Waals surface area contributed by atoms with Gasteiger partial charge in [-0.15, -0.1) is 0 Å². The zero-order valence-electron chi connectivity index (χ0n) is 24.7. The Morgan fingerprint density at radius 3 is 2.67 bits per heavy atom. The number of pyridine rings is 3. The first-order valence-electron chi connectivity index (χ1n) is 14.6. The van der Waals surface area contributed by atoms with Crippen molar-refractivity contribution in [3.8, 4) is 22.9 Å². The van der Waals surface area contributed by atoms with Gasteiger partial charge in [0.1, 0.15) is 17.1 Å². The maximum Gasteiger partial charge on any atom is 0.423 e. The summed E-state index contributed by atoms with van der Waals surface area (Å²) in [6, 6.07) is 8.96. The molecule has 0 saturated carbocycles. The van der Waals surface area contributed by atoms with Gasteiger partial charge in [0.15, 0.2) is 0 Å². The fourth-order valence-corrected chi connectivity index (χ4v) is 6.64. The molecule has 2 aliphatic heterocycles. The van der Waals surface area contributed by atoms with Crippen molar-refractivity contribution in [2.75, 3.05) is 44.8 Å². The summed E-state index contributed by atoms with van der Waals surface area (Å²) >= 11 is 0. The van der Waals surface area contributed by atoms with E-state index in [4.69, 9.17) is 20.2 Å². The van der Waals surface area contributed by atoms with Crippen LogP contribution in [-0.2, 0) is 22.9 Å². The minimum absolute atomic E-state index is 0.0674. The normalized spacial score (nSPS) is 20.2. The van der Waals surface area contributed by atoms with Gasteiger partial charge in [0.2, 0.25) is 11.8 Å². The summed E-state index contributed by atoms with van der Waals surface area (Å²) in [6.45, 7) is 6.01. The monoisotopic (exact) mass is 598 g/mol. The van der Waals surface area contributed by atoms with Crippen LogP contribution in [0.2, 0.25) is 0 Å². The molecule has 0 aromatic carbocycles. The lowest BCUT2D eigenvalue weighted by Crippen LogP contribution is -2.58. The Labute approximate surface area is 249 Å². The molecule has 3 aromatic rings. The quantitative estimate of drug-likeness (QED) is 0.393. The van der Waals surface area contributed by atoms with Crippen LogP contribution in [0.3, 0.4) is 0 Å². The van der Waals surface area contributed by atoms with Crippen molar-refractivity contribution in [3.05, 3.63) is 59.5 Å². The largest absolute Gasteiger partial charge is 0.496 e. The molecule has 1 spiro atoms. The fourth-order valence-electron chi connectivity index (χ4n) is 6.64. The summed E-state index contributed by atoms with van der Waals surface area (Å²) in [5.74, 6) is -0.0773. The lowest BCUT2D eigenvalue weighted by Gasteiger charge is -2.53. The number of alkyl halides is 3. The molecule has 5 rings (SSSR count). The predicted octanol–water partition coefficient (Wildman–Crippen LogP) is 4.83. The number of hydrogen-bond acceptors (Lipinski definition) is 8. The predicted molar refractivity (Wildman–Crippen MR) is 156 cm³/mol. The molecule has 1 saturated heterocycles. The molecule has 2 N–H and O–H groups in total. The average Bonchev–Trinajstić information content (AvgIpc) is 3.00. The zero-order chi connectivity index (χ0) is 30.8. The Morgan fingerprint density at radius 2 is 1.98 bits per heavy atom. The van der Waals surface area contributed by atoms with E-state index in [0.29, 0.717) is 57.2 Å². The molecule has 1 fully saturated rings. The van der Waals surface area contributed by atoms with Crippen molar-refractivity contribution in [1.82, 2.24) is 19.9 Å². The van der Waals surface area contributed by atoms with E-state index in [1.54, 1.807) is 11.1 Å². The van der Waals surface area contributed by atoms with Gasteiger partial charge >= 0.3 is 6.18 Å². The van der Waals surface area contributed by atoms with Gasteiger partial charge in [-0.1, -0.05) is 19.4 Å². The second-order valence-corrected chi connectivity index (χ2v) is 10.9. The molecule has 0 bridgehead atoms. The summed E-state index contributed by atoms with van der Waals surface area (Å²) in [5, 5.41) is 0. The first kappa shape index (κ1) is 30.5. The third-order valence-electron chi connectivity index (χ3n) is 8.60. The molecule has 5 heterocycles. The van der Waals surface area contributed by atoms with E-state index >= 15 is 0 Å². The highest BCUT2D eigenvalue weighted by Crippen LogP contribution is 2.49. The second-order valence-electron chi connectivity index (χ2n) is 10.9. The maximum atomic E-state index is 14.2. The number of carbonyl (C=O) groups excluding carboxylic acids is 1. The molecule has 2 aliphatic rings. The van der Waals surface area contributed by atoms with Crippen LogP contribution in [0.4, 0.5) is 19.0 Å². The minimum Gasteiger partial charge on any atom is -0.496 e. The first-order valence-corrected chi connectivity index (χ1v) is 14.6. The summed E-state index contributed by atoms with van der Waals surface area (Å²) in [6.07, 6.45) is -0.234. The molecule has 2 atom stereocenters. The molecule has 1 amide bonds. The second kappa shape index (κ2) is 12.4. The first-order chi connectivity index (χ1) is 20.7. The molecule has 12 heteroatoms. The van der Waals surface area contributed by atoms with Crippen LogP contribution < -0.4 is 20.1 Å². The van der Waals surface area contributed by atoms with Gasteiger partial charge in [-0.05, 0) is 49.1 Å². The van der Waals surface area contributed by atoms with E-state index in [1.165, 1.54) is 19.4 Å². The topological polar surface area (TPSA) is 107 Å². The number of fused-ring (bicyclic) bond motifs is 2. The Kier molecular flexibility index (Phi) is 8.77. The van der Waals surface area contributed by atoms with Gasteiger partial charge in [-0.3, -0.25) is 9.78 Å². The van der Waals surface area contributed by atoms with E-state index in [9.17, 15) is 18.0 Å². The summed E-state index contributed by atoms with van der Waals surface area (Å²) < 4.78 is 53.5. The Hall–Kier alpha value is -3.93. The number of carbonyl (C=O) groups is 1. The Balaban J connectivity index is 1.57. The van der Waals surface area contributed by atoms with Crippen LogP contribution in [0.15, 0.2) is 42.7 Å². The standard InChI is InChI=1S/C31H37F3N6O3/c1-4-20-17-39(28-27(31(32,33)34)25(42-3)11-15-36-28)16-12-30(20)19-40(26(41)10-13-35)18-24-22(30)8-9-23(38-24)21-7-6-14-37-29(21)43-5-2/h6-9,11,14-15,20H,4-5,10,12-13,16-19,35H2,1-3H3/t20-,30+/m1/s1. The lowest BCUT2D eigenvalue weighted by atomic mass is 9.62. The summed E-state index contributed by atoms with van der Waals surface area (Å²) in [5.41, 5.74) is 7.59. The maximum absolute atomic E-state index is 14.2. The molecular weight excluding hydrogens is 561 g/mol. The van der Waals surface area contributed by atoms with Crippen LogP contribution in [0.5, 0.6) is 11.6 Å². The van der Waals surface area contributed by atoms with E-state index in [-0.39, 0.29) is 36.4 Å². The lowest BCUT2D eigenvalue weighted by molar-refractivity contribution is -0.138. The minimum atomic E-state index is -4.64. The third-order valence-corrected chi connectivity index (χ3v) is 8.60. The Morgan fingerprint density at radius 1 is 1.16 bits per heavy atom. The SMILES string of the molecule is CCOc1ncccc1-c1ccc2c(n1)CN(C(=O)CCN)C[C@]21CCN(c2nccc(OC)c2C(F)(F)F)C[C@H]1CC. The highest BCUT2D eigenvalue weighted by molar-refractivity contribution is 5.77. The number of hydrogen-bond donors (Lipinski definition) is 1. The van der Waals surface area contributed by atoms with Crippen LogP contribution in [0.1, 0.15) is 49.9 Å². The number of amides is 1. The fraction of sp³-hybridized carbons (Fsp3) is 0.484. The van der Waals surface area contributed by atoms with Crippen LogP contribution >= 0.6 is 0 Å². The molecule has 0 unspecified atom stereocenters. The number of piperidine rings is 1. The van der Waals surface area contributed by atoms with Gasteiger partial charge in [0.25, 0.3) is 0 Å². The van der Waals surface area contributed by atoms with Crippen molar-refractivity contribution in [2.24, 2.45) is 11.7 Å². The zero-order valence-corrected chi connectivity index (χ0v) is 24.7. The molecule has 9 nitrogen and oxygen atoms in total. The third kappa shape index (κ3) is 5.72. The van der Waals surface area contributed by atoms with E-state index in [1.807, 2.05) is 36.9 Å². The van der Waals surface area contributed by atoms with Crippen molar-refractivity contribution >= 4 is 11.7 Å². The molecule has 43 heavy (non-hydrogen) atoms. The van der Waals surface area contributed by atoms with Crippen molar-refractivity contribution in [1.29, 1.82) is 0 Å². The number of nitrogens with two attached hydrogens (primary N) is 1. The number of methoxy groups -OCH3 is 1. The smallest absolute Gasteiger partial charge is 0.423 e. The summed E-state index contributed by atoms with van der Waals surface area (Å²) in [4.78, 5) is 30.4. The number of nitrogens with zero attached hydrogens (tertiary/aromatic N) is 5. The van der Waals surface area contributed by atoms with Gasteiger partial charge in [0, 0.05) is 50.4 Å². The van der Waals surface area contributed by atoms with Crippen LogP contribution in [0.25, 0.3) is 11.3 Å². The highest BCUT2D eigenvalue weighted by Gasteiger charge is 2.50. The number of halogens is 3. The van der Waals surface area contributed by atoms with Gasteiger partial charge in [-0.25, -0.2) is 9.97 Å². The van der Waals surface area contributed by atoms with E-state index in [2.05, 4.69) is 16.0 Å². The molecule has 3 aromatic heterocycles. The van der Waals surface area contributed by atoms with Gasteiger partial charge < -0.3 is 25.0 Å². The van der Waals surface area contributed by atoms with Gasteiger partial charge in [0.05, 0.1) is 37.2 Å². The molecule has 0 radical (unpaired) electrons. The number of anilines is 1. The average molecular weight is 599 g/mol. The van der Waals surface area contributed by atoms with Crippen molar-refractivity contribution in [2.45, 2.75) is 51.2 Å².